The first-order valence-electron chi connectivity index (χ1n) is 4.18. The summed E-state index contributed by atoms with van der Waals surface area (Å²) in [6, 6.07) is 0.522. The van der Waals surface area contributed by atoms with Crippen LogP contribution in [0.4, 0.5) is 0 Å². The first-order chi connectivity index (χ1) is 5.77. The van der Waals surface area contributed by atoms with Gasteiger partial charge in [0.1, 0.15) is 5.82 Å². The van der Waals surface area contributed by atoms with Crippen LogP contribution in [0.5, 0.6) is 0 Å². The minimum Gasteiger partial charge on any atom is -0.336 e. The van der Waals surface area contributed by atoms with Crippen molar-refractivity contribution in [3.8, 4) is 0 Å². The molecule has 3 nitrogen and oxygen atoms in total. The summed E-state index contributed by atoms with van der Waals surface area (Å²) in [7, 11) is 2.16. The topological polar surface area (TPSA) is 31.9 Å². The predicted molar refractivity (Wildman–Crippen MR) is 55.9 cm³/mol. The Morgan fingerprint density at radius 3 is 3.08 bits per heavy atom. The number of imidazole rings is 1. The first kappa shape index (κ1) is 8.50. The van der Waals surface area contributed by atoms with Crippen molar-refractivity contribution in [2.24, 2.45) is 0 Å². The summed E-state index contributed by atoms with van der Waals surface area (Å²) in [6.07, 6.45) is 4.42. The summed E-state index contributed by atoms with van der Waals surface area (Å²) >= 11 is 2.26. The van der Waals surface area contributed by atoms with Crippen LogP contribution in [-0.2, 0) is 0 Å². The van der Waals surface area contributed by atoms with Gasteiger partial charge in [-0.05, 0) is 49.0 Å². The third-order valence-corrected chi connectivity index (χ3v) is 2.95. The fourth-order valence-electron chi connectivity index (χ4n) is 1.74. The minimum absolute atomic E-state index is 0.522. The van der Waals surface area contributed by atoms with Gasteiger partial charge in [0.2, 0.25) is 0 Å². The zero-order valence-electron chi connectivity index (χ0n) is 7.05. The van der Waals surface area contributed by atoms with E-state index in [1.165, 1.54) is 19.4 Å². The van der Waals surface area contributed by atoms with Crippen molar-refractivity contribution >= 4 is 22.6 Å². The zero-order chi connectivity index (χ0) is 8.55. The van der Waals surface area contributed by atoms with Crippen molar-refractivity contribution in [3.63, 3.8) is 0 Å². The number of aromatic nitrogens is 2. The van der Waals surface area contributed by atoms with Crippen LogP contribution < -0.4 is 0 Å². The zero-order valence-corrected chi connectivity index (χ0v) is 9.21. The molecular formula is C8H12IN3. The van der Waals surface area contributed by atoms with Crippen LogP contribution in [0.3, 0.4) is 0 Å². The van der Waals surface area contributed by atoms with Crippen LogP contribution in [-0.4, -0.2) is 28.5 Å². The van der Waals surface area contributed by atoms with Crippen LogP contribution in [0.1, 0.15) is 24.7 Å². The Bertz CT molecular complexity index is 271. The molecule has 0 aromatic carbocycles. The Morgan fingerprint density at radius 1 is 1.75 bits per heavy atom. The molecule has 66 valence electrons. The fourth-order valence-corrected chi connectivity index (χ4v) is 2.15. The lowest BCUT2D eigenvalue weighted by Gasteiger charge is -2.16. The van der Waals surface area contributed by atoms with Gasteiger partial charge in [0.25, 0.3) is 0 Å². The van der Waals surface area contributed by atoms with Crippen LogP contribution in [0.2, 0.25) is 0 Å². The molecule has 12 heavy (non-hydrogen) atoms. The van der Waals surface area contributed by atoms with E-state index in [9.17, 15) is 0 Å². The number of hydrogen-bond acceptors (Lipinski definition) is 2. The largest absolute Gasteiger partial charge is 0.336 e. The summed E-state index contributed by atoms with van der Waals surface area (Å²) in [5.41, 5.74) is 0. The van der Waals surface area contributed by atoms with Crippen molar-refractivity contribution in [3.05, 3.63) is 15.7 Å². The highest BCUT2D eigenvalue weighted by atomic mass is 127. The summed E-state index contributed by atoms with van der Waals surface area (Å²) in [5, 5.41) is 0. The highest BCUT2D eigenvalue weighted by Gasteiger charge is 2.24. The van der Waals surface area contributed by atoms with Gasteiger partial charge < -0.3 is 4.98 Å². The van der Waals surface area contributed by atoms with Gasteiger partial charge in [0.15, 0.2) is 0 Å². The molecule has 1 aromatic heterocycles. The lowest BCUT2D eigenvalue weighted by molar-refractivity contribution is 0.307. The minimum atomic E-state index is 0.522. The van der Waals surface area contributed by atoms with Crippen molar-refractivity contribution in [1.29, 1.82) is 0 Å². The molecule has 1 aliphatic heterocycles. The van der Waals surface area contributed by atoms with E-state index >= 15 is 0 Å². The second-order valence-corrected chi connectivity index (χ2v) is 4.42. The highest BCUT2D eigenvalue weighted by molar-refractivity contribution is 14.1. The third kappa shape index (κ3) is 1.50. The SMILES string of the molecule is CN1CCCC1c1ncc(I)[nH]1. The maximum absolute atomic E-state index is 4.34. The van der Waals surface area contributed by atoms with E-state index in [0.29, 0.717) is 6.04 Å². The summed E-state index contributed by atoms with van der Waals surface area (Å²) in [6.45, 7) is 1.20. The van der Waals surface area contributed by atoms with Gasteiger partial charge in [-0.15, -0.1) is 0 Å². The molecule has 1 atom stereocenters. The molecule has 2 heterocycles. The van der Waals surface area contributed by atoms with E-state index in [4.69, 9.17) is 0 Å². The highest BCUT2D eigenvalue weighted by Crippen LogP contribution is 2.28. The molecule has 0 amide bonds. The summed E-state index contributed by atoms with van der Waals surface area (Å²) in [4.78, 5) is 9.98. The molecule has 0 aliphatic carbocycles. The molecule has 1 unspecified atom stereocenters. The Labute approximate surface area is 85.7 Å². The number of aromatic amines is 1. The summed E-state index contributed by atoms with van der Waals surface area (Å²) in [5.74, 6) is 1.12. The molecule has 1 aromatic rings. The Hall–Kier alpha value is -0.100. The van der Waals surface area contributed by atoms with Crippen molar-refractivity contribution in [1.82, 2.24) is 14.9 Å². The Balaban J connectivity index is 2.19. The van der Waals surface area contributed by atoms with E-state index in [1.807, 2.05) is 6.20 Å². The summed E-state index contributed by atoms with van der Waals surface area (Å²) < 4.78 is 1.13. The number of likely N-dealkylation sites (tertiary alicyclic amines) is 1. The van der Waals surface area contributed by atoms with Crippen LogP contribution in [0.15, 0.2) is 6.20 Å². The molecule has 0 radical (unpaired) electrons. The number of rotatable bonds is 1. The van der Waals surface area contributed by atoms with Gasteiger partial charge in [-0.25, -0.2) is 4.98 Å². The predicted octanol–water partition coefficient (Wildman–Crippen LogP) is 1.78. The third-order valence-electron chi connectivity index (χ3n) is 2.40. The number of halogens is 1. The second-order valence-electron chi connectivity index (χ2n) is 3.26. The monoisotopic (exact) mass is 277 g/mol. The van der Waals surface area contributed by atoms with E-state index in [-0.39, 0.29) is 0 Å². The fraction of sp³-hybridized carbons (Fsp3) is 0.625. The molecule has 1 fully saturated rings. The molecule has 1 N–H and O–H groups in total. The molecular weight excluding hydrogens is 265 g/mol. The molecule has 0 saturated carbocycles. The maximum Gasteiger partial charge on any atom is 0.124 e. The van der Waals surface area contributed by atoms with Gasteiger partial charge in [-0.1, -0.05) is 0 Å². The van der Waals surface area contributed by atoms with Crippen LogP contribution >= 0.6 is 22.6 Å². The maximum atomic E-state index is 4.34. The van der Waals surface area contributed by atoms with Gasteiger partial charge in [0, 0.05) is 0 Å². The van der Waals surface area contributed by atoms with Gasteiger partial charge in [-0.2, -0.15) is 0 Å². The van der Waals surface area contributed by atoms with Crippen LogP contribution in [0.25, 0.3) is 0 Å². The number of H-pyrrole nitrogens is 1. The quantitative estimate of drug-likeness (QED) is 0.793. The normalized spacial score (nSPS) is 25.0. The van der Waals surface area contributed by atoms with Crippen LogP contribution in [0, 0.1) is 3.70 Å². The number of nitrogens with one attached hydrogen (secondary N) is 1. The first-order valence-corrected chi connectivity index (χ1v) is 5.26. The van der Waals surface area contributed by atoms with Crippen molar-refractivity contribution in [2.45, 2.75) is 18.9 Å². The number of hydrogen-bond donors (Lipinski definition) is 1. The lowest BCUT2D eigenvalue weighted by Crippen LogP contribution is -2.18. The molecule has 1 aliphatic rings. The Morgan fingerprint density at radius 2 is 2.58 bits per heavy atom. The molecule has 1 saturated heterocycles. The van der Waals surface area contributed by atoms with E-state index in [2.05, 4.69) is 44.5 Å². The standard InChI is InChI=1S/C8H12IN3/c1-12-4-2-3-6(12)8-10-5-7(9)11-8/h5-6H,2-4H2,1H3,(H,10,11). The molecule has 2 rings (SSSR count). The Kier molecular flexibility index (Phi) is 2.36. The average Bonchev–Trinajstić information content (AvgIpc) is 2.58. The van der Waals surface area contributed by atoms with Crippen molar-refractivity contribution < 1.29 is 0 Å². The van der Waals surface area contributed by atoms with E-state index < -0.39 is 0 Å². The molecule has 0 bridgehead atoms. The number of nitrogens with zero attached hydrogens (tertiary/aromatic N) is 2. The molecule has 4 heteroatoms. The average molecular weight is 277 g/mol. The molecule has 0 spiro atoms. The van der Waals surface area contributed by atoms with Gasteiger partial charge in [-0.3, -0.25) is 4.90 Å². The van der Waals surface area contributed by atoms with E-state index in [1.54, 1.807) is 0 Å². The smallest absolute Gasteiger partial charge is 0.124 e. The van der Waals surface area contributed by atoms with E-state index in [0.717, 1.165) is 9.53 Å². The lowest BCUT2D eigenvalue weighted by atomic mass is 10.2. The van der Waals surface area contributed by atoms with Crippen molar-refractivity contribution in [2.75, 3.05) is 13.6 Å². The second kappa shape index (κ2) is 3.33. The van der Waals surface area contributed by atoms with Gasteiger partial charge >= 0.3 is 0 Å². The van der Waals surface area contributed by atoms with Gasteiger partial charge in [0.05, 0.1) is 15.9 Å².